The second kappa shape index (κ2) is 7.58. The standard InChI is InChI=1S/C14H24N8/c1-5-10(2)21-14(15-3)17-7-6-16-12-11-8-20-22(4)13(11)19-9-18-12/h8-10H,5-7H2,1-4H3,(H2,15,17,21)(H,16,18,19). The highest BCUT2D eigenvalue weighted by Gasteiger charge is 2.07. The average molecular weight is 304 g/mol. The van der Waals surface area contributed by atoms with E-state index >= 15 is 0 Å². The van der Waals surface area contributed by atoms with Crippen LogP contribution in [-0.2, 0) is 7.05 Å². The molecule has 0 saturated carbocycles. The number of hydrogen-bond acceptors (Lipinski definition) is 5. The predicted octanol–water partition coefficient (Wildman–Crippen LogP) is 0.739. The summed E-state index contributed by atoms with van der Waals surface area (Å²) in [4.78, 5) is 12.7. The van der Waals surface area contributed by atoms with Crippen LogP contribution in [-0.4, -0.2) is 51.9 Å². The lowest BCUT2D eigenvalue weighted by molar-refractivity contribution is 0.625. The van der Waals surface area contributed by atoms with Gasteiger partial charge in [0.25, 0.3) is 0 Å². The van der Waals surface area contributed by atoms with E-state index in [1.54, 1.807) is 24.3 Å². The Morgan fingerprint density at radius 2 is 2.18 bits per heavy atom. The number of aromatic nitrogens is 4. The molecule has 120 valence electrons. The van der Waals surface area contributed by atoms with E-state index in [1.165, 1.54) is 0 Å². The normalized spacial score (nSPS) is 13.2. The van der Waals surface area contributed by atoms with Crippen molar-refractivity contribution in [1.29, 1.82) is 0 Å². The molecular weight excluding hydrogens is 280 g/mol. The van der Waals surface area contributed by atoms with Crippen LogP contribution in [0.5, 0.6) is 0 Å². The Morgan fingerprint density at radius 3 is 2.91 bits per heavy atom. The van der Waals surface area contributed by atoms with Gasteiger partial charge in [-0.2, -0.15) is 5.10 Å². The summed E-state index contributed by atoms with van der Waals surface area (Å²) in [6, 6.07) is 0.399. The third-order valence-corrected chi connectivity index (χ3v) is 3.46. The van der Waals surface area contributed by atoms with Crippen molar-refractivity contribution in [2.75, 3.05) is 25.5 Å². The van der Waals surface area contributed by atoms with Crippen molar-refractivity contribution < 1.29 is 0 Å². The minimum Gasteiger partial charge on any atom is -0.368 e. The molecule has 0 radical (unpaired) electrons. The van der Waals surface area contributed by atoms with Crippen molar-refractivity contribution in [3.05, 3.63) is 12.5 Å². The van der Waals surface area contributed by atoms with Gasteiger partial charge in [-0.3, -0.25) is 9.67 Å². The first-order valence-electron chi connectivity index (χ1n) is 7.49. The fraction of sp³-hybridized carbons (Fsp3) is 0.571. The van der Waals surface area contributed by atoms with Crippen LogP contribution in [0.25, 0.3) is 11.0 Å². The Kier molecular flexibility index (Phi) is 5.51. The maximum absolute atomic E-state index is 4.27. The first kappa shape index (κ1) is 16.0. The van der Waals surface area contributed by atoms with Crippen LogP contribution in [0.15, 0.2) is 17.5 Å². The molecule has 0 bridgehead atoms. The lowest BCUT2D eigenvalue weighted by Crippen LogP contribution is -2.43. The molecular formula is C14H24N8. The third-order valence-electron chi connectivity index (χ3n) is 3.46. The van der Waals surface area contributed by atoms with E-state index in [4.69, 9.17) is 0 Å². The molecule has 1 atom stereocenters. The quantitative estimate of drug-likeness (QED) is 0.414. The van der Waals surface area contributed by atoms with Crippen molar-refractivity contribution in [1.82, 2.24) is 30.4 Å². The van der Waals surface area contributed by atoms with Gasteiger partial charge in [0.05, 0.1) is 11.6 Å². The molecule has 0 amide bonds. The molecule has 2 rings (SSSR count). The monoisotopic (exact) mass is 304 g/mol. The molecule has 3 N–H and O–H groups in total. The summed E-state index contributed by atoms with van der Waals surface area (Å²) >= 11 is 0. The minimum atomic E-state index is 0.399. The maximum atomic E-state index is 4.27. The van der Waals surface area contributed by atoms with Crippen molar-refractivity contribution in [3.63, 3.8) is 0 Å². The van der Waals surface area contributed by atoms with E-state index in [1.807, 2.05) is 7.05 Å². The zero-order chi connectivity index (χ0) is 15.9. The van der Waals surface area contributed by atoms with Gasteiger partial charge in [-0.25, -0.2) is 9.97 Å². The first-order valence-corrected chi connectivity index (χ1v) is 7.49. The Balaban J connectivity index is 1.85. The maximum Gasteiger partial charge on any atom is 0.191 e. The van der Waals surface area contributed by atoms with Gasteiger partial charge < -0.3 is 16.0 Å². The van der Waals surface area contributed by atoms with Gasteiger partial charge in [0.1, 0.15) is 12.1 Å². The second-order valence-corrected chi connectivity index (χ2v) is 5.11. The van der Waals surface area contributed by atoms with E-state index in [2.05, 4.69) is 49.9 Å². The molecule has 8 heteroatoms. The van der Waals surface area contributed by atoms with Crippen LogP contribution in [0, 0.1) is 0 Å². The van der Waals surface area contributed by atoms with Gasteiger partial charge in [-0.15, -0.1) is 0 Å². The molecule has 0 aliphatic carbocycles. The highest BCUT2D eigenvalue weighted by Crippen LogP contribution is 2.16. The third kappa shape index (κ3) is 3.84. The number of anilines is 1. The number of guanidine groups is 1. The zero-order valence-electron chi connectivity index (χ0n) is 13.6. The Labute approximate surface area is 130 Å². The number of fused-ring (bicyclic) bond motifs is 1. The lowest BCUT2D eigenvalue weighted by Gasteiger charge is -2.16. The summed E-state index contributed by atoms with van der Waals surface area (Å²) < 4.78 is 1.73. The molecule has 0 aromatic carbocycles. The number of hydrogen-bond donors (Lipinski definition) is 3. The summed E-state index contributed by atoms with van der Waals surface area (Å²) in [7, 11) is 3.64. The van der Waals surface area contributed by atoms with E-state index in [0.29, 0.717) is 6.04 Å². The topological polar surface area (TPSA) is 92.1 Å². The summed E-state index contributed by atoms with van der Waals surface area (Å²) in [5.41, 5.74) is 0.819. The number of aliphatic imine (C=N–C) groups is 1. The van der Waals surface area contributed by atoms with E-state index in [0.717, 1.165) is 42.3 Å². The summed E-state index contributed by atoms with van der Waals surface area (Å²) in [6.45, 7) is 5.73. The van der Waals surface area contributed by atoms with Gasteiger partial charge in [-0.1, -0.05) is 6.92 Å². The fourth-order valence-electron chi connectivity index (χ4n) is 1.99. The van der Waals surface area contributed by atoms with Crippen molar-refractivity contribution in [2.45, 2.75) is 26.3 Å². The Hall–Kier alpha value is -2.38. The smallest absolute Gasteiger partial charge is 0.191 e. The average Bonchev–Trinajstić information content (AvgIpc) is 2.92. The lowest BCUT2D eigenvalue weighted by atomic mass is 10.3. The molecule has 22 heavy (non-hydrogen) atoms. The van der Waals surface area contributed by atoms with Crippen LogP contribution in [0.4, 0.5) is 5.82 Å². The van der Waals surface area contributed by atoms with Crippen LogP contribution in [0.3, 0.4) is 0 Å². The Bertz CT molecular complexity index is 633. The van der Waals surface area contributed by atoms with E-state index in [9.17, 15) is 0 Å². The molecule has 0 aliphatic rings. The number of aryl methyl sites for hydroxylation is 1. The minimum absolute atomic E-state index is 0.399. The van der Waals surface area contributed by atoms with Gasteiger partial charge in [0, 0.05) is 33.2 Å². The van der Waals surface area contributed by atoms with Crippen LogP contribution in [0.1, 0.15) is 20.3 Å². The zero-order valence-corrected chi connectivity index (χ0v) is 13.6. The molecule has 2 heterocycles. The van der Waals surface area contributed by atoms with Crippen molar-refractivity contribution >= 4 is 22.8 Å². The summed E-state index contributed by atoms with van der Waals surface area (Å²) in [5, 5.41) is 15.0. The summed E-state index contributed by atoms with van der Waals surface area (Å²) in [5.74, 6) is 1.61. The highest BCUT2D eigenvalue weighted by atomic mass is 15.3. The van der Waals surface area contributed by atoms with E-state index in [-0.39, 0.29) is 0 Å². The number of nitrogens with one attached hydrogen (secondary N) is 3. The predicted molar refractivity (Wildman–Crippen MR) is 89.0 cm³/mol. The molecule has 0 saturated heterocycles. The summed E-state index contributed by atoms with van der Waals surface area (Å²) in [6.07, 6.45) is 4.37. The van der Waals surface area contributed by atoms with E-state index < -0.39 is 0 Å². The molecule has 0 fully saturated rings. The molecule has 0 spiro atoms. The van der Waals surface area contributed by atoms with Crippen LogP contribution in [0.2, 0.25) is 0 Å². The first-order chi connectivity index (χ1) is 10.7. The fourth-order valence-corrected chi connectivity index (χ4v) is 1.99. The number of nitrogens with zero attached hydrogens (tertiary/aromatic N) is 5. The molecule has 2 aromatic rings. The van der Waals surface area contributed by atoms with Crippen LogP contribution < -0.4 is 16.0 Å². The molecule has 2 aromatic heterocycles. The molecule has 8 nitrogen and oxygen atoms in total. The second-order valence-electron chi connectivity index (χ2n) is 5.11. The van der Waals surface area contributed by atoms with Gasteiger partial charge in [0.15, 0.2) is 11.6 Å². The van der Waals surface area contributed by atoms with Crippen molar-refractivity contribution in [2.24, 2.45) is 12.0 Å². The highest BCUT2D eigenvalue weighted by molar-refractivity contribution is 5.86. The van der Waals surface area contributed by atoms with Crippen molar-refractivity contribution in [3.8, 4) is 0 Å². The van der Waals surface area contributed by atoms with Gasteiger partial charge >= 0.3 is 0 Å². The van der Waals surface area contributed by atoms with Gasteiger partial charge in [0.2, 0.25) is 0 Å². The SMILES string of the molecule is CCC(C)NC(=NC)NCCNc1ncnc2c1cnn2C. The number of rotatable bonds is 6. The van der Waals surface area contributed by atoms with Gasteiger partial charge in [-0.05, 0) is 13.3 Å². The molecule has 0 aliphatic heterocycles. The Morgan fingerprint density at radius 1 is 1.36 bits per heavy atom. The molecule has 1 unspecified atom stereocenters. The van der Waals surface area contributed by atoms with Crippen LogP contribution >= 0.6 is 0 Å². The largest absolute Gasteiger partial charge is 0.368 e.